The summed E-state index contributed by atoms with van der Waals surface area (Å²) in [5, 5.41) is 1.05. The second-order valence-electron chi connectivity index (χ2n) is 5.07. The Hall–Kier alpha value is -2.33. The minimum Gasteiger partial charge on any atom is -0.492 e. The van der Waals surface area contributed by atoms with Gasteiger partial charge in [-0.05, 0) is 37.3 Å². The van der Waals surface area contributed by atoms with Crippen molar-refractivity contribution in [1.29, 1.82) is 0 Å². The Morgan fingerprint density at radius 3 is 2.73 bits per heavy atom. The number of aromatic nitrogens is 2. The molecule has 0 spiro atoms. The third kappa shape index (κ3) is 3.12. The van der Waals surface area contributed by atoms with E-state index in [9.17, 15) is 4.79 Å². The van der Waals surface area contributed by atoms with Gasteiger partial charge in [-0.3, -0.25) is 9.36 Å². The van der Waals surface area contributed by atoms with Gasteiger partial charge in [-0.25, -0.2) is 4.98 Å². The summed E-state index contributed by atoms with van der Waals surface area (Å²) in [4.78, 5) is 16.6. The third-order valence-electron chi connectivity index (χ3n) is 3.41. The number of nitrogens with zero attached hydrogens (tertiary/aromatic N) is 2. The Morgan fingerprint density at radius 2 is 1.95 bits per heavy atom. The van der Waals surface area contributed by atoms with Crippen molar-refractivity contribution in [2.24, 2.45) is 0 Å². The molecule has 0 aliphatic carbocycles. The fourth-order valence-electron chi connectivity index (χ4n) is 2.19. The average molecular weight is 315 g/mol. The van der Waals surface area contributed by atoms with Gasteiger partial charge in [0.15, 0.2) is 0 Å². The molecule has 2 aromatic carbocycles. The van der Waals surface area contributed by atoms with Gasteiger partial charge < -0.3 is 4.74 Å². The van der Waals surface area contributed by atoms with Gasteiger partial charge in [0.25, 0.3) is 5.56 Å². The lowest BCUT2D eigenvalue weighted by atomic mass is 10.2. The highest BCUT2D eigenvalue weighted by Gasteiger charge is 2.05. The summed E-state index contributed by atoms with van der Waals surface area (Å²) in [6.07, 6.45) is 1.54. The summed E-state index contributed by atoms with van der Waals surface area (Å²) in [7, 11) is 0. The zero-order valence-corrected chi connectivity index (χ0v) is 12.9. The minimum absolute atomic E-state index is 0.111. The molecule has 0 fully saturated rings. The minimum atomic E-state index is -0.111. The number of hydrogen-bond acceptors (Lipinski definition) is 3. The second kappa shape index (κ2) is 6.20. The molecular weight excluding hydrogens is 300 g/mol. The summed E-state index contributed by atoms with van der Waals surface area (Å²) in [6, 6.07) is 12.9. The van der Waals surface area contributed by atoms with E-state index in [0.29, 0.717) is 29.1 Å². The Bertz CT molecular complexity index is 857. The van der Waals surface area contributed by atoms with E-state index < -0.39 is 0 Å². The van der Waals surface area contributed by atoms with Crippen LogP contribution in [0.2, 0.25) is 5.02 Å². The van der Waals surface area contributed by atoms with Gasteiger partial charge in [0, 0.05) is 5.02 Å². The fourth-order valence-corrected chi connectivity index (χ4v) is 2.36. The summed E-state index contributed by atoms with van der Waals surface area (Å²) in [6.45, 7) is 2.86. The standard InChI is InChI=1S/C17H15ClN2O2/c1-12-2-5-14(6-3-12)22-9-8-20-11-19-16-7-4-13(18)10-15(16)17(20)21/h2-7,10-11H,8-9H2,1H3. The first kappa shape index (κ1) is 14.6. The molecule has 0 aliphatic heterocycles. The maximum absolute atomic E-state index is 12.4. The lowest BCUT2D eigenvalue weighted by Gasteiger charge is -2.09. The van der Waals surface area contributed by atoms with E-state index in [1.165, 1.54) is 16.5 Å². The molecule has 1 heterocycles. The number of rotatable bonds is 4. The van der Waals surface area contributed by atoms with Crippen LogP contribution in [-0.2, 0) is 6.54 Å². The molecule has 0 atom stereocenters. The molecule has 0 aliphatic rings. The quantitative estimate of drug-likeness (QED) is 0.741. The highest BCUT2D eigenvalue weighted by atomic mass is 35.5. The van der Waals surface area contributed by atoms with Gasteiger partial charge in [0.2, 0.25) is 0 Å². The molecule has 0 N–H and O–H groups in total. The van der Waals surface area contributed by atoms with E-state index in [2.05, 4.69) is 4.98 Å². The zero-order chi connectivity index (χ0) is 15.5. The predicted molar refractivity (Wildman–Crippen MR) is 87.7 cm³/mol. The SMILES string of the molecule is Cc1ccc(OCCn2cnc3ccc(Cl)cc3c2=O)cc1. The van der Waals surface area contributed by atoms with Crippen molar-refractivity contribution >= 4 is 22.5 Å². The molecule has 4 nitrogen and oxygen atoms in total. The second-order valence-corrected chi connectivity index (χ2v) is 5.50. The van der Waals surface area contributed by atoms with Crippen molar-refractivity contribution in [3.63, 3.8) is 0 Å². The first-order chi connectivity index (χ1) is 10.6. The molecule has 3 rings (SSSR count). The largest absolute Gasteiger partial charge is 0.492 e. The summed E-state index contributed by atoms with van der Waals surface area (Å²) in [5.74, 6) is 0.787. The van der Waals surface area contributed by atoms with Gasteiger partial charge in [-0.15, -0.1) is 0 Å². The van der Waals surface area contributed by atoms with Crippen molar-refractivity contribution in [3.05, 3.63) is 69.7 Å². The van der Waals surface area contributed by atoms with Crippen LogP contribution in [0.15, 0.2) is 53.6 Å². The van der Waals surface area contributed by atoms with Crippen LogP contribution in [0, 0.1) is 6.92 Å². The van der Waals surface area contributed by atoms with Crippen LogP contribution in [0.4, 0.5) is 0 Å². The molecule has 0 amide bonds. The maximum Gasteiger partial charge on any atom is 0.261 e. The Balaban J connectivity index is 1.75. The first-order valence-electron chi connectivity index (χ1n) is 6.98. The normalized spacial score (nSPS) is 10.8. The van der Waals surface area contributed by atoms with Crippen LogP contribution >= 0.6 is 11.6 Å². The molecule has 0 bridgehead atoms. The number of hydrogen-bond donors (Lipinski definition) is 0. The van der Waals surface area contributed by atoms with Gasteiger partial charge in [-0.1, -0.05) is 29.3 Å². The number of ether oxygens (including phenoxy) is 1. The summed E-state index contributed by atoms with van der Waals surface area (Å²) < 4.78 is 7.18. The van der Waals surface area contributed by atoms with Gasteiger partial charge in [0.05, 0.1) is 23.8 Å². The van der Waals surface area contributed by atoms with Crippen molar-refractivity contribution in [3.8, 4) is 5.75 Å². The highest BCUT2D eigenvalue weighted by Crippen LogP contribution is 2.14. The smallest absolute Gasteiger partial charge is 0.261 e. The van der Waals surface area contributed by atoms with Crippen molar-refractivity contribution in [2.45, 2.75) is 13.5 Å². The lowest BCUT2D eigenvalue weighted by Crippen LogP contribution is -2.23. The molecule has 0 unspecified atom stereocenters. The van der Waals surface area contributed by atoms with Crippen molar-refractivity contribution in [2.75, 3.05) is 6.61 Å². The number of fused-ring (bicyclic) bond motifs is 1. The van der Waals surface area contributed by atoms with Crippen LogP contribution in [0.1, 0.15) is 5.56 Å². The Kier molecular flexibility index (Phi) is 4.11. The van der Waals surface area contributed by atoms with E-state index in [1.54, 1.807) is 18.2 Å². The van der Waals surface area contributed by atoms with E-state index >= 15 is 0 Å². The molecule has 5 heteroatoms. The van der Waals surface area contributed by atoms with E-state index in [0.717, 1.165) is 5.75 Å². The Morgan fingerprint density at radius 1 is 1.18 bits per heavy atom. The molecule has 0 saturated heterocycles. The van der Waals surface area contributed by atoms with Gasteiger partial charge in [-0.2, -0.15) is 0 Å². The van der Waals surface area contributed by atoms with Gasteiger partial charge in [0.1, 0.15) is 12.4 Å². The molecule has 0 saturated carbocycles. The van der Waals surface area contributed by atoms with Crippen LogP contribution in [0.3, 0.4) is 0 Å². The number of halogens is 1. The van der Waals surface area contributed by atoms with Crippen molar-refractivity contribution < 1.29 is 4.74 Å². The molecule has 112 valence electrons. The van der Waals surface area contributed by atoms with E-state index in [4.69, 9.17) is 16.3 Å². The molecule has 22 heavy (non-hydrogen) atoms. The van der Waals surface area contributed by atoms with Gasteiger partial charge >= 0.3 is 0 Å². The summed E-state index contributed by atoms with van der Waals surface area (Å²) in [5.41, 5.74) is 1.71. The molecule has 3 aromatic rings. The fraction of sp³-hybridized carbons (Fsp3) is 0.176. The number of benzene rings is 2. The average Bonchev–Trinajstić information content (AvgIpc) is 2.52. The monoisotopic (exact) mass is 314 g/mol. The van der Waals surface area contributed by atoms with Crippen LogP contribution < -0.4 is 10.3 Å². The van der Waals surface area contributed by atoms with Crippen LogP contribution in [-0.4, -0.2) is 16.2 Å². The first-order valence-corrected chi connectivity index (χ1v) is 7.35. The van der Waals surface area contributed by atoms with E-state index in [1.807, 2.05) is 31.2 Å². The molecule has 0 radical (unpaired) electrons. The topological polar surface area (TPSA) is 44.1 Å². The number of aryl methyl sites for hydroxylation is 1. The molecular formula is C17H15ClN2O2. The zero-order valence-electron chi connectivity index (χ0n) is 12.1. The predicted octanol–water partition coefficient (Wildman–Crippen LogP) is 3.44. The maximum atomic E-state index is 12.4. The third-order valence-corrected chi connectivity index (χ3v) is 3.64. The van der Waals surface area contributed by atoms with E-state index in [-0.39, 0.29) is 5.56 Å². The Labute approximate surface area is 132 Å². The lowest BCUT2D eigenvalue weighted by molar-refractivity contribution is 0.296. The highest BCUT2D eigenvalue weighted by molar-refractivity contribution is 6.31. The molecule has 1 aromatic heterocycles. The van der Waals surface area contributed by atoms with Crippen molar-refractivity contribution in [1.82, 2.24) is 9.55 Å². The summed E-state index contributed by atoms with van der Waals surface area (Å²) >= 11 is 5.94. The van der Waals surface area contributed by atoms with Crippen LogP contribution in [0.5, 0.6) is 5.75 Å². The van der Waals surface area contributed by atoms with Crippen LogP contribution in [0.25, 0.3) is 10.9 Å².